The summed E-state index contributed by atoms with van der Waals surface area (Å²) in [4.78, 5) is 2.52. The Morgan fingerprint density at radius 3 is 3.00 bits per heavy atom. The van der Waals surface area contributed by atoms with Gasteiger partial charge in [-0.3, -0.25) is 0 Å². The Labute approximate surface area is 92.3 Å². The molecule has 1 atom stereocenters. The molecule has 2 heteroatoms. The largest absolute Gasteiger partial charge is 0.383 e. The van der Waals surface area contributed by atoms with Crippen molar-refractivity contribution in [2.75, 3.05) is 23.3 Å². The Kier molecular flexibility index (Phi) is 3.14. The molecule has 82 valence electrons. The maximum Gasteiger partial charge on any atom is 0.0604 e. The van der Waals surface area contributed by atoms with Gasteiger partial charge in [-0.1, -0.05) is 19.1 Å². The summed E-state index contributed by atoms with van der Waals surface area (Å²) >= 11 is 0. The van der Waals surface area contributed by atoms with Gasteiger partial charge in [-0.15, -0.1) is 0 Å². The molecular weight excluding hydrogens is 184 g/mol. The first kappa shape index (κ1) is 10.3. The topological polar surface area (TPSA) is 15.3 Å². The molecule has 0 saturated heterocycles. The second kappa shape index (κ2) is 4.56. The first-order valence-electron chi connectivity index (χ1n) is 5.92. The lowest BCUT2D eigenvalue weighted by Gasteiger charge is -2.30. The van der Waals surface area contributed by atoms with Gasteiger partial charge in [0, 0.05) is 19.1 Å². The maximum atomic E-state index is 3.49. The minimum absolute atomic E-state index is 0.631. The molecule has 1 N–H and O–H groups in total. The first-order valence-corrected chi connectivity index (χ1v) is 5.92. The molecule has 0 fully saturated rings. The molecule has 1 unspecified atom stereocenters. The van der Waals surface area contributed by atoms with Crippen molar-refractivity contribution in [3.8, 4) is 0 Å². The van der Waals surface area contributed by atoms with E-state index in [9.17, 15) is 0 Å². The monoisotopic (exact) mass is 204 g/mol. The predicted molar refractivity (Wildman–Crippen MR) is 66.6 cm³/mol. The molecule has 0 bridgehead atoms. The van der Waals surface area contributed by atoms with E-state index >= 15 is 0 Å². The highest BCUT2D eigenvalue weighted by molar-refractivity contribution is 5.71. The van der Waals surface area contributed by atoms with Crippen LogP contribution in [0.15, 0.2) is 24.3 Å². The molecule has 1 aromatic carbocycles. The van der Waals surface area contributed by atoms with Crippen LogP contribution in [0.5, 0.6) is 0 Å². The average molecular weight is 204 g/mol. The minimum Gasteiger partial charge on any atom is -0.383 e. The summed E-state index contributed by atoms with van der Waals surface area (Å²) in [5, 5.41) is 3.49. The number of hydrogen-bond acceptors (Lipinski definition) is 2. The van der Waals surface area contributed by atoms with Crippen molar-refractivity contribution < 1.29 is 0 Å². The van der Waals surface area contributed by atoms with Crippen LogP contribution in [0.4, 0.5) is 11.4 Å². The van der Waals surface area contributed by atoms with Crippen molar-refractivity contribution in [2.45, 2.75) is 32.7 Å². The Hall–Kier alpha value is -1.18. The number of rotatable bonds is 2. The summed E-state index contributed by atoms with van der Waals surface area (Å²) in [5.74, 6) is 0. The Morgan fingerprint density at radius 2 is 2.20 bits per heavy atom. The van der Waals surface area contributed by atoms with Crippen molar-refractivity contribution in [3.05, 3.63) is 24.3 Å². The minimum atomic E-state index is 0.631. The fourth-order valence-corrected chi connectivity index (χ4v) is 2.14. The van der Waals surface area contributed by atoms with E-state index in [0.29, 0.717) is 6.04 Å². The lowest BCUT2D eigenvalue weighted by molar-refractivity contribution is 0.612. The highest BCUT2D eigenvalue weighted by atomic mass is 15.2. The zero-order chi connectivity index (χ0) is 10.7. The van der Waals surface area contributed by atoms with Crippen LogP contribution < -0.4 is 10.2 Å². The van der Waals surface area contributed by atoms with E-state index in [4.69, 9.17) is 0 Å². The zero-order valence-corrected chi connectivity index (χ0v) is 9.66. The lowest BCUT2D eigenvalue weighted by Crippen LogP contribution is -2.33. The summed E-state index contributed by atoms with van der Waals surface area (Å²) < 4.78 is 0. The second-order valence-electron chi connectivity index (χ2n) is 4.25. The van der Waals surface area contributed by atoms with Gasteiger partial charge >= 0.3 is 0 Å². The summed E-state index contributed by atoms with van der Waals surface area (Å²) in [6, 6.07) is 9.26. The molecule has 1 aliphatic rings. The predicted octanol–water partition coefficient (Wildman–Crippen LogP) is 3.11. The molecule has 2 nitrogen and oxygen atoms in total. The number of benzene rings is 1. The molecule has 1 aliphatic heterocycles. The van der Waals surface area contributed by atoms with Gasteiger partial charge in [0.05, 0.1) is 11.4 Å². The fourth-order valence-electron chi connectivity index (χ4n) is 2.14. The van der Waals surface area contributed by atoms with Crippen molar-refractivity contribution in [2.24, 2.45) is 0 Å². The van der Waals surface area contributed by atoms with E-state index in [1.165, 1.54) is 30.8 Å². The van der Waals surface area contributed by atoms with Crippen LogP contribution in [-0.4, -0.2) is 19.1 Å². The molecule has 0 spiro atoms. The molecule has 2 rings (SSSR count). The Balaban J connectivity index is 2.32. The van der Waals surface area contributed by atoms with Crippen LogP contribution in [0.3, 0.4) is 0 Å². The van der Waals surface area contributed by atoms with Crippen LogP contribution in [0.25, 0.3) is 0 Å². The number of para-hydroxylation sites is 2. The summed E-state index contributed by atoms with van der Waals surface area (Å²) in [7, 11) is 0. The second-order valence-corrected chi connectivity index (χ2v) is 4.25. The first-order chi connectivity index (χ1) is 7.33. The molecule has 0 saturated carbocycles. The van der Waals surface area contributed by atoms with E-state index in [1.54, 1.807) is 0 Å². The van der Waals surface area contributed by atoms with Crippen LogP contribution >= 0.6 is 0 Å². The van der Waals surface area contributed by atoms with Crippen molar-refractivity contribution in [1.82, 2.24) is 0 Å². The highest BCUT2D eigenvalue weighted by Crippen LogP contribution is 2.29. The van der Waals surface area contributed by atoms with Gasteiger partial charge in [0.1, 0.15) is 0 Å². The van der Waals surface area contributed by atoms with E-state index in [0.717, 1.165) is 6.54 Å². The quantitative estimate of drug-likeness (QED) is 0.796. The molecule has 1 aromatic rings. The third-order valence-electron chi connectivity index (χ3n) is 3.23. The summed E-state index contributed by atoms with van der Waals surface area (Å²) in [5.41, 5.74) is 2.65. The van der Waals surface area contributed by atoms with Crippen LogP contribution in [0, 0.1) is 0 Å². The molecule has 0 amide bonds. The number of hydrogen-bond donors (Lipinski definition) is 1. The standard InChI is InChI=1S/C13H20N2/c1-3-11(2)15-10-6-9-14-12-7-4-5-8-13(12)15/h4-5,7-8,11,14H,3,6,9-10H2,1-2H3. The summed E-state index contributed by atoms with van der Waals surface area (Å²) in [6.07, 6.45) is 2.42. The maximum absolute atomic E-state index is 3.49. The van der Waals surface area contributed by atoms with E-state index in [-0.39, 0.29) is 0 Å². The number of anilines is 2. The normalized spacial score (nSPS) is 17.6. The van der Waals surface area contributed by atoms with Crippen LogP contribution in [-0.2, 0) is 0 Å². The highest BCUT2D eigenvalue weighted by Gasteiger charge is 2.17. The third-order valence-corrected chi connectivity index (χ3v) is 3.23. The Bertz CT molecular complexity index is 322. The van der Waals surface area contributed by atoms with Gasteiger partial charge in [0.2, 0.25) is 0 Å². The van der Waals surface area contributed by atoms with Gasteiger partial charge in [-0.25, -0.2) is 0 Å². The number of nitrogens with zero attached hydrogens (tertiary/aromatic N) is 1. The van der Waals surface area contributed by atoms with Gasteiger partial charge < -0.3 is 10.2 Å². The van der Waals surface area contributed by atoms with E-state index < -0.39 is 0 Å². The molecule has 15 heavy (non-hydrogen) atoms. The van der Waals surface area contributed by atoms with Gasteiger partial charge in [-0.05, 0) is 31.9 Å². The number of fused-ring (bicyclic) bond motifs is 1. The van der Waals surface area contributed by atoms with Crippen molar-refractivity contribution in [1.29, 1.82) is 0 Å². The molecule has 0 aromatic heterocycles. The average Bonchev–Trinajstić information content (AvgIpc) is 2.50. The van der Waals surface area contributed by atoms with Crippen LogP contribution in [0.2, 0.25) is 0 Å². The SMILES string of the molecule is CCC(C)N1CCCNc2ccccc21. The smallest absolute Gasteiger partial charge is 0.0604 e. The molecular formula is C13H20N2. The number of nitrogens with one attached hydrogen (secondary N) is 1. The van der Waals surface area contributed by atoms with Crippen molar-refractivity contribution >= 4 is 11.4 Å². The van der Waals surface area contributed by atoms with Crippen LogP contribution in [0.1, 0.15) is 26.7 Å². The molecule has 1 heterocycles. The van der Waals surface area contributed by atoms with E-state index in [2.05, 4.69) is 48.3 Å². The lowest BCUT2D eigenvalue weighted by atomic mass is 10.1. The van der Waals surface area contributed by atoms with E-state index in [1.807, 2.05) is 0 Å². The molecule has 0 aliphatic carbocycles. The third kappa shape index (κ3) is 2.09. The van der Waals surface area contributed by atoms with Crippen molar-refractivity contribution in [3.63, 3.8) is 0 Å². The van der Waals surface area contributed by atoms with Gasteiger partial charge in [0.15, 0.2) is 0 Å². The van der Waals surface area contributed by atoms with Gasteiger partial charge in [-0.2, -0.15) is 0 Å². The van der Waals surface area contributed by atoms with Gasteiger partial charge in [0.25, 0.3) is 0 Å². The Morgan fingerprint density at radius 1 is 1.40 bits per heavy atom. The molecule has 0 radical (unpaired) electrons. The zero-order valence-electron chi connectivity index (χ0n) is 9.66. The fraction of sp³-hybridized carbons (Fsp3) is 0.538. The summed E-state index contributed by atoms with van der Waals surface area (Å²) in [6.45, 7) is 6.82.